The molecule has 5 aliphatic rings. The van der Waals surface area contributed by atoms with Crippen LogP contribution in [0.15, 0.2) is 36.0 Å². The van der Waals surface area contributed by atoms with Crippen LogP contribution in [0.4, 0.5) is 0 Å². The van der Waals surface area contributed by atoms with Gasteiger partial charge >= 0.3 is 5.97 Å². The van der Waals surface area contributed by atoms with Crippen molar-refractivity contribution < 1.29 is 9.53 Å². The number of ether oxygens (including phenoxy) is 1. The Kier molecular flexibility index (Phi) is 9.05. The number of fused-ring (bicyclic) bond motifs is 5. The van der Waals surface area contributed by atoms with E-state index in [0.29, 0.717) is 22.3 Å². The van der Waals surface area contributed by atoms with Gasteiger partial charge in [0.05, 0.1) is 11.1 Å². The van der Waals surface area contributed by atoms with Gasteiger partial charge in [-0.25, -0.2) is 4.79 Å². The van der Waals surface area contributed by atoms with Crippen LogP contribution in [0.1, 0.15) is 119 Å². The fourth-order valence-electron chi connectivity index (χ4n) is 10.7. The Bertz CT molecular complexity index is 1040. The topological polar surface area (TPSA) is 78.3 Å². The zero-order valence-corrected chi connectivity index (χ0v) is 27.0. The van der Waals surface area contributed by atoms with Crippen molar-refractivity contribution in [2.75, 3.05) is 0 Å². The molecule has 0 heterocycles. The van der Waals surface area contributed by atoms with Gasteiger partial charge < -0.3 is 16.2 Å². The summed E-state index contributed by atoms with van der Waals surface area (Å²) in [5.74, 6) is 5.66. The first kappa shape index (κ1) is 31.0. The van der Waals surface area contributed by atoms with Crippen LogP contribution in [0.3, 0.4) is 0 Å². The maximum absolute atomic E-state index is 13.3. The third-order valence-corrected chi connectivity index (χ3v) is 13.0. The van der Waals surface area contributed by atoms with E-state index in [0.717, 1.165) is 48.3 Å². The molecule has 0 aromatic rings. The van der Waals surface area contributed by atoms with Gasteiger partial charge in [0.25, 0.3) is 0 Å². The van der Waals surface area contributed by atoms with E-state index in [4.69, 9.17) is 16.2 Å². The van der Waals surface area contributed by atoms with Crippen molar-refractivity contribution in [3.8, 4) is 0 Å². The highest BCUT2D eigenvalue weighted by Crippen LogP contribution is 2.68. The highest BCUT2D eigenvalue weighted by molar-refractivity contribution is 5.92. The predicted molar refractivity (Wildman–Crippen MR) is 170 cm³/mol. The first-order chi connectivity index (χ1) is 19.3. The molecule has 0 aromatic carbocycles. The average Bonchev–Trinajstić information content (AvgIpc) is 3.26. The Morgan fingerprint density at radius 2 is 1.68 bits per heavy atom. The largest absolute Gasteiger partial charge is 0.459 e. The van der Waals surface area contributed by atoms with E-state index in [1.807, 2.05) is 31.2 Å². The lowest BCUT2D eigenvalue weighted by Gasteiger charge is -2.61. The van der Waals surface area contributed by atoms with E-state index in [-0.39, 0.29) is 18.1 Å². The smallest absolute Gasteiger partial charge is 0.338 e. The molecule has 11 atom stereocenters. The van der Waals surface area contributed by atoms with E-state index in [1.54, 1.807) is 6.08 Å². The molecule has 5 aliphatic carbocycles. The number of hydrogen-bond donors (Lipinski definition) is 2. The molecule has 4 fully saturated rings. The molecule has 4 saturated carbocycles. The monoisotopic (exact) mass is 564 g/mol. The maximum Gasteiger partial charge on any atom is 0.338 e. The molecular weight excluding hydrogens is 504 g/mol. The summed E-state index contributed by atoms with van der Waals surface area (Å²) in [6.07, 6.45) is 25.0. The normalized spacial score (nSPS) is 45.5. The van der Waals surface area contributed by atoms with Crippen LogP contribution >= 0.6 is 0 Å². The van der Waals surface area contributed by atoms with Gasteiger partial charge in [0.1, 0.15) is 6.10 Å². The van der Waals surface area contributed by atoms with Gasteiger partial charge in [-0.2, -0.15) is 0 Å². The van der Waals surface area contributed by atoms with Gasteiger partial charge in [0, 0.05) is 6.04 Å². The van der Waals surface area contributed by atoms with E-state index in [2.05, 4.69) is 34.6 Å². The Labute approximate surface area is 251 Å². The number of carbonyl (C=O) groups is 1. The van der Waals surface area contributed by atoms with Crippen molar-refractivity contribution in [1.29, 1.82) is 0 Å². The van der Waals surface area contributed by atoms with Crippen molar-refractivity contribution in [2.24, 2.45) is 63.7 Å². The molecular formula is C37H60N2O2. The standard InChI is InChI=1S/C37H60N2O2/c1-24(2)8-7-9-25(3)31-14-15-32-30-13-11-27-22-29(17-20-36(27,5)33(30)18-21-37(31,32)6)41-34(40)26-10-12-28(38)16-19-35(4,39)23-26/h10,12,16,19,23-25,27-33H,7-9,11,13-15,17-18,20-22,38-39H2,1-6H3/b12-10?,19-16-,26-23?/t25?,27?,28?,29?,30?,31?,32?,33?,35-,36?,37?/m0/s1. The molecule has 10 unspecified atom stereocenters. The van der Waals surface area contributed by atoms with Crippen LogP contribution in [-0.2, 0) is 9.53 Å². The number of hydrogen-bond acceptors (Lipinski definition) is 4. The average molecular weight is 565 g/mol. The van der Waals surface area contributed by atoms with E-state index < -0.39 is 5.54 Å². The maximum atomic E-state index is 13.3. The summed E-state index contributed by atoms with van der Waals surface area (Å²) in [6, 6.07) is -0.250. The third kappa shape index (κ3) is 6.30. The Hall–Kier alpha value is -1.39. The second kappa shape index (κ2) is 11.9. The summed E-state index contributed by atoms with van der Waals surface area (Å²) in [4.78, 5) is 13.3. The molecule has 0 aromatic heterocycles. The lowest BCUT2D eigenvalue weighted by molar-refractivity contribution is -0.158. The fourth-order valence-corrected chi connectivity index (χ4v) is 10.7. The van der Waals surface area contributed by atoms with Crippen molar-refractivity contribution in [1.82, 2.24) is 0 Å². The number of rotatable bonds is 7. The summed E-state index contributed by atoms with van der Waals surface area (Å²) in [5, 5.41) is 0. The van der Waals surface area contributed by atoms with Crippen LogP contribution in [0.5, 0.6) is 0 Å². The zero-order chi connectivity index (χ0) is 29.6. The summed E-state index contributed by atoms with van der Waals surface area (Å²) in [6.45, 7) is 14.5. The lowest BCUT2D eigenvalue weighted by atomic mass is 9.44. The highest BCUT2D eigenvalue weighted by atomic mass is 16.5. The van der Waals surface area contributed by atoms with Gasteiger partial charge in [-0.1, -0.05) is 78.2 Å². The van der Waals surface area contributed by atoms with Gasteiger partial charge in [-0.15, -0.1) is 0 Å². The Morgan fingerprint density at radius 3 is 2.44 bits per heavy atom. The second-order valence-electron chi connectivity index (χ2n) is 16.3. The third-order valence-electron chi connectivity index (χ3n) is 13.0. The molecule has 0 amide bonds. The zero-order valence-electron chi connectivity index (χ0n) is 27.0. The molecule has 0 saturated heterocycles. The lowest BCUT2D eigenvalue weighted by Crippen LogP contribution is -2.54. The minimum absolute atomic E-state index is 0.00141. The van der Waals surface area contributed by atoms with Crippen molar-refractivity contribution >= 4 is 5.97 Å². The number of esters is 1. The van der Waals surface area contributed by atoms with E-state index >= 15 is 0 Å². The molecule has 0 aliphatic heterocycles. The van der Waals surface area contributed by atoms with Crippen molar-refractivity contribution in [2.45, 2.75) is 136 Å². The van der Waals surface area contributed by atoms with Crippen LogP contribution in [-0.4, -0.2) is 23.7 Å². The summed E-state index contributed by atoms with van der Waals surface area (Å²) in [5.41, 5.74) is 13.2. The van der Waals surface area contributed by atoms with Gasteiger partial charge in [0.15, 0.2) is 0 Å². The molecule has 0 radical (unpaired) electrons. The minimum Gasteiger partial charge on any atom is -0.459 e. The first-order valence-electron chi connectivity index (χ1n) is 17.2. The van der Waals surface area contributed by atoms with Crippen LogP contribution < -0.4 is 11.5 Å². The molecule has 0 bridgehead atoms. The molecule has 4 N–H and O–H groups in total. The van der Waals surface area contributed by atoms with Crippen molar-refractivity contribution in [3.05, 3.63) is 36.0 Å². The molecule has 230 valence electrons. The van der Waals surface area contributed by atoms with Gasteiger partial charge in [-0.05, 0) is 123 Å². The fraction of sp³-hybridized carbons (Fsp3) is 0.811. The summed E-state index contributed by atoms with van der Waals surface area (Å²) >= 11 is 0. The van der Waals surface area contributed by atoms with Crippen LogP contribution in [0.2, 0.25) is 0 Å². The molecule has 4 heteroatoms. The van der Waals surface area contributed by atoms with Crippen LogP contribution in [0.25, 0.3) is 0 Å². The SMILES string of the molecule is CC(C)CCCC(C)C1CCC2C3CCC4CC(OC(=O)C5=C[C@@](C)(N)/C=C\C(N)C=C5)CCC4(C)C3CCC12C. The predicted octanol–water partition coefficient (Wildman–Crippen LogP) is 8.12. The highest BCUT2D eigenvalue weighted by Gasteiger charge is 2.60. The number of nitrogens with two attached hydrogens (primary N) is 2. The molecule has 0 spiro atoms. The van der Waals surface area contributed by atoms with Gasteiger partial charge in [-0.3, -0.25) is 0 Å². The second-order valence-corrected chi connectivity index (χ2v) is 16.3. The quantitative estimate of drug-likeness (QED) is 0.242. The minimum atomic E-state index is -0.721. The first-order valence-corrected chi connectivity index (χ1v) is 17.2. The molecule has 41 heavy (non-hydrogen) atoms. The Balaban J connectivity index is 1.22. The summed E-state index contributed by atoms with van der Waals surface area (Å²) < 4.78 is 6.18. The van der Waals surface area contributed by atoms with Crippen LogP contribution in [0, 0.1) is 52.3 Å². The summed E-state index contributed by atoms with van der Waals surface area (Å²) in [7, 11) is 0. The van der Waals surface area contributed by atoms with E-state index in [9.17, 15) is 4.79 Å². The van der Waals surface area contributed by atoms with Crippen molar-refractivity contribution in [3.63, 3.8) is 0 Å². The molecule has 5 rings (SSSR count). The molecule has 4 nitrogen and oxygen atoms in total. The van der Waals surface area contributed by atoms with E-state index in [1.165, 1.54) is 64.2 Å². The van der Waals surface area contributed by atoms with Gasteiger partial charge in [0.2, 0.25) is 0 Å². The Morgan fingerprint density at radius 1 is 0.951 bits per heavy atom. The number of carbonyl (C=O) groups excluding carboxylic acids is 1.